The van der Waals surface area contributed by atoms with E-state index in [9.17, 15) is 18.4 Å². The van der Waals surface area contributed by atoms with E-state index in [-0.39, 0.29) is 23.4 Å². The van der Waals surface area contributed by atoms with Crippen LogP contribution in [-0.2, 0) is 4.79 Å². The molecule has 146 valence electrons. The number of nitrogens with one attached hydrogen (secondary N) is 1. The zero-order chi connectivity index (χ0) is 19.7. The molecule has 28 heavy (non-hydrogen) atoms. The average molecular weight is 386 g/mol. The largest absolute Gasteiger partial charge is 0.464 e. The van der Waals surface area contributed by atoms with Gasteiger partial charge in [-0.3, -0.25) is 9.69 Å². The molecule has 2 heterocycles. The lowest BCUT2D eigenvalue weighted by molar-refractivity contribution is -0.124. The van der Waals surface area contributed by atoms with Gasteiger partial charge in [0.25, 0.3) is 5.91 Å². The van der Waals surface area contributed by atoms with Gasteiger partial charge >= 0.3 is 6.03 Å². The van der Waals surface area contributed by atoms with Gasteiger partial charge in [-0.2, -0.15) is 0 Å². The normalized spacial score (nSPS) is 19.9. The van der Waals surface area contributed by atoms with Gasteiger partial charge in [0.1, 0.15) is 11.5 Å². The Bertz CT molecular complexity index is 943. The number of carbonyl (C=O) groups excluding carboxylic acids is 2. The van der Waals surface area contributed by atoms with Crippen LogP contribution in [0.1, 0.15) is 44.3 Å². The number of imide groups is 1. The zero-order valence-electron chi connectivity index (χ0n) is 15.2. The molecular weight excluding hydrogens is 366 g/mol. The molecule has 0 unspecified atom stereocenters. The van der Waals surface area contributed by atoms with Crippen molar-refractivity contribution in [2.24, 2.45) is 0 Å². The average Bonchev–Trinajstić information content (AvgIpc) is 3.12. The van der Waals surface area contributed by atoms with E-state index >= 15 is 0 Å². The zero-order valence-corrected chi connectivity index (χ0v) is 15.2. The van der Waals surface area contributed by atoms with E-state index in [0.29, 0.717) is 11.1 Å². The first kappa shape index (κ1) is 18.4. The summed E-state index contributed by atoms with van der Waals surface area (Å²) in [5.41, 5.74) is 1.03. The van der Waals surface area contributed by atoms with Gasteiger partial charge in [0.05, 0.1) is 6.26 Å². The highest BCUT2D eigenvalue weighted by Gasteiger charge is 2.38. The van der Waals surface area contributed by atoms with E-state index in [4.69, 9.17) is 4.42 Å². The van der Waals surface area contributed by atoms with Crippen LogP contribution in [0.5, 0.6) is 0 Å². The minimum atomic E-state index is -0.970. The van der Waals surface area contributed by atoms with Crippen LogP contribution in [0.3, 0.4) is 0 Å². The Kier molecular flexibility index (Phi) is 4.98. The van der Waals surface area contributed by atoms with E-state index in [1.807, 2.05) is 0 Å². The predicted molar refractivity (Wildman–Crippen MR) is 98.9 cm³/mol. The van der Waals surface area contributed by atoms with Crippen LogP contribution in [0.25, 0.3) is 17.2 Å². The van der Waals surface area contributed by atoms with Crippen molar-refractivity contribution in [2.75, 3.05) is 0 Å². The fourth-order valence-corrected chi connectivity index (χ4v) is 3.86. The highest BCUT2D eigenvalue weighted by Crippen LogP contribution is 2.30. The number of carbonyl (C=O) groups is 2. The van der Waals surface area contributed by atoms with E-state index < -0.39 is 17.7 Å². The third-order valence-electron chi connectivity index (χ3n) is 5.30. The molecule has 4 rings (SSSR count). The first-order valence-electron chi connectivity index (χ1n) is 9.44. The maximum atomic E-state index is 13.6. The van der Waals surface area contributed by atoms with Gasteiger partial charge < -0.3 is 9.73 Å². The fraction of sp³-hybridized carbons (Fsp3) is 0.333. The van der Waals surface area contributed by atoms with Crippen LogP contribution in [0.4, 0.5) is 13.6 Å². The van der Waals surface area contributed by atoms with Crippen molar-refractivity contribution in [1.29, 1.82) is 0 Å². The summed E-state index contributed by atoms with van der Waals surface area (Å²) >= 11 is 0. The maximum absolute atomic E-state index is 13.6. The third kappa shape index (κ3) is 3.44. The van der Waals surface area contributed by atoms with Crippen molar-refractivity contribution in [1.82, 2.24) is 10.2 Å². The Balaban J connectivity index is 1.62. The Morgan fingerprint density at radius 2 is 1.79 bits per heavy atom. The molecule has 0 spiro atoms. The Morgan fingerprint density at radius 1 is 1.04 bits per heavy atom. The van der Waals surface area contributed by atoms with Gasteiger partial charge in [-0.15, -0.1) is 0 Å². The number of halogens is 2. The molecule has 1 aliphatic carbocycles. The van der Waals surface area contributed by atoms with Crippen molar-refractivity contribution < 1.29 is 22.8 Å². The summed E-state index contributed by atoms with van der Waals surface area (Å²) in [6.45, 7) is 0. The molecule has 1 aliphatic heterocycles. The molecule has 2 fully saturated rings. The summed E-state index contributed by atoms with van der Waals surface area (Å²) in [5.74, 6) is -2.01. The first-order valence-corrected chi connectivity index (χ1v) is 9.44. The van der Waals surface area contributed by atoms with Gasteiger partial charge in [0.2, 0.25) is 0 Å². The lowest BCUT2D eigenvalue weighted by Gasteiger charge is -2.23. The number of furan rings is 1. The molecule has 5 nitrogen and oxygen atoms in total. The molecular formula is C21H20F2N2O3. The summed E-state index contributed by atoms with van der Waals surface area (Å²) in [6, 6.07) is 4.61. The molecule has 1 saturated heterocycles. The smallest absolute Gasteiger partial charge is 0.329 e. The monoisotopic (exact) mass is 386 g/mol. The van der Waals surface area contributed by atoms with E-state index in [1.54, 1.807) is 6.07 Å². The molecule has 1 N–H and O–H groups in total. The molecule has 7 heteroatoms. The summed E-state index contributed by atoms with van der Waals surface area (Å²) in [7, 11) is 0. The number of hydrogen-bond acceptors (Lipinski definition) is 3. The van der Waals surface area contributed by atoms with Crippen molar-refractivity contribution in [2.45, 2.75) is 44.6 Å². The molecule has 0 radical (unpaired) electrons. The lowest BCUT2D eigenvalue weighted by atomic mass is 10.1. The Labute approximate surface area is 161 Å². The van der Waals surface area contributed by atoms with Crippen molar-refractivity contribution >= 4 is 18.0 Å². The second-order valence-electron chi connectivity index (χ2n) is 7.14. The number of hydrogen-bond donors (Lipinski definition) is 1. The van der Waals surface area contributed by atoms with Gasteiger partial charge in [-0.1, -0.05) is 31.7 Å². The molecule has 1 saturated carbocycles. The summed E-state index contributed by atoms with van der Waals surface area (Å²) in [5, 5.41) is 2.61. The van der Waals surface area contributed by atoms with Gasteiger partial charge in [-0.05, 0) is 36.6 Å². The minimum absolute atomic E-state index is 0.0943. The first-order chi connectivity index (χ1) is 13.5. The van der Waals surface area contributed by atoms with Gasteiger partial charge in [0.15, 0.2) is 11.6 Å². The van der Waals surface area contributed by atoms with Gasteiger partial charge in [0, 0.05) is 17.7 Å². The number of amides is 3. The van der Waals surface area contributed by atoms with E-state index in [0.717, 1.165) is 50.7 Å². The molecule has 3 amide bonds. The van der Waals surface area contributed by atoms with Crippen LogP contribution in [0.2, 0.25) is 0 Å². The predicted octanol–water partition coefficient (Wildman–Crippen LogP) is 4.84. The Morgan fingerprint density at radius 3 is 2.50 bits per heavy atom. The van der Waals surface area contributed by atoms with Gasteiger partial charge in [-0.25, -0.2) is 13.6 Å². The van der Waals surface area contributed by atoms with Crippen molar-refractivity contribution in [3.63, 3.8) is 0 Å². The number of urea groups is 1. The second kappa shape index (κ2) is 7.58. The number of nitrogens with zero attached hydrogens (tertiary/aromatic N) is 1. The summed E-state index contributed by atoms with van der Waals surface area (Å²) in [4.78, 5) is 26.5. The van der Waals surface area contributed by atoms with E-state index in [2.05, 4.69) is 5.32 Å². The summed E-state index contributed by atoms with van der Waals surface area (Å²) < 4.78 is 32.2. The van der Waals surface area contributed by atoms with Crippen LogP contribution in [0.15, 0.2) is 40.6 Å². The standard InChI is InChI=1S/C21H20F2N2O3/c22-16-8-7-13(11-17(16)23)15-9-10-28-19(15)12-18-20(26)25(21(27)24-18)14-5-3-1-2-4-6-14/h7-12,14H,1-6H2,(H,24,27). The van der Waals surface area contributed by atoms with Crippen molar-refractivity contribution in [3.05, 3.63) is 53.6 Å². The van der Waals surface area contributed by atoms with E-state index in [1.165, 1.54) is 23.3 Å². The highest BCUT2D eigenvalue weighted by molar-refractivity contribution is 6.14. The minimum Gasteiger partial charge on any atom is -0.464 e. The molecule has 1 aromatic heterocycles. The fourth-order valence-electron chi connectivity index (χ4n) is 3.86. The maximum Gasteiger partial charge on any atom is 0.329 e. The quantitative estimate of drug-likeness (QED) is 0.466. The molecule has 1 aromatic carbocycles. The van der Waals surface area contributed by atoms with Crippen LogP contribution < -0.4 is 5.32 Å². The van der Waals surface area contributed by atoms with Crippen LogP contribution in [0, 0.1) is 11.6 Å². The SMILES string of the molecule is O=C1NC(=Cc2occc2-c2ccc(F)c(F)c2)C(=O)N1C1CCCCCC1. The van der Waals surface area contributed by atoms with Crippen LogP contribution in [-0.4, -0.2) is 22.9 Å². The van der Waals surface area contributed by atoms with Crippen LogP contribution >= 0.6 is 0 Å². The van der Waals surface area contributed by atoms with Crippen molar-refractivity contribution in [3.8, 4) is 11.1 Å². The lowest BCUT2D eigenvalue weighted by Crippen LogP contribution is -2.40. The summed E-state index contributed by atoms with van der Waals surface area (Å²) in [6.07, 6.45) is 8.69. The molecule has 0 bridgehead atoms. The topological polar surface area (TPSA) is 62.6 Å². The second-order valence-corrected chi connectivity index (χ2v) is 7.14. The Hall–Kier alpha value is -2.96. The number of rotatable bonds is 3. The molecule has 0 atom stereocenters. The molecule has 2 aliphatic rings. The highest BCUT2D eigenvalue weighted by atomic mass is 19.2. The number of benzene rings is 1. The third-order valence-corrected chi connectivity index (χ3v) is 5.30. The molecule has 2 aromatic rings.